The van der Waals surface area contributed by atoms with Gasteiger partial charge in [-0.15, -0.1) is 11.3 Å². The molecule has 0 aliphatic carbocycles. The zero-order chi connectivity index (χ0) is 21.5. The third-order valence-corrected chi connectivity index (χ3v) is 5.66. The SMILES string of the molecule is CCc1cccc(CC)c1NC(=O)/C(=C/c1cccs1)NC(=O)c1cccc(C)c1. The summed E-state index contributed by atoms with van der Waals surface area (Å²) >= 11 is 1.51. The maximum absolute atomic E-state index is 13.2. The fourth-order valence-corrected chi connectivity index (χ4v) is 3.90. The second-order valence-corrected chi connectivity index (χ2v) is 7.99. The Balaban J connectivity index is 1.92. The van der Waals surface area contributed by atoms with Gasteiger partial charge in [-0.1, -0.05) is 55.8 Å². The molecular weight excluding hydrogens is 392 g/mol. The number of hydrogen-bond acceptors (Lipinski definition) is 3. The third kappa shape index (κ3) is 5.24. The van der Waals surface area contributed by atoms with E-state index in [-0.39, 0.29) is 17.5 Å². The van der Waals surface area contributed by atoms with Crippen LogP contribution in [0, 0.1) is 6.92 Å². The first-order valence-corrected chi connectivity index (χ1v) is 10.9. The Morgan fingerprint density at radius 3 is 2.27 bits per heavy atom. The van der Waals surface area contributed by atoms with Crippen molar-refractivity contribution >= 4 is 34.9 Å². The molecule has 0 aliphatic rings. The molecule has 2 aromatic carbocycles. The standard InChI is InChI=1S/C25H26N2O2S/c1-4-18-10-7-11-19(5-2)23(18)27-25(29)22(16-21-13-8-14-30-21)26-24(28)20-12-6-9-17(3)15-20/h6-16H,4-5H2,1-3H3,(H,26,28)(H,27,29)/b22-16-. The average Bonchev–Trinajstić information content (AvgIpc) is 3.26. The van der Waals surface area contributed by atoms with E-state index in [2.05, 4.69) is 24.5 Å². The molecule has 1 heterocycles. The van der Waals surface area contributed by atoms with Crippen LogP contribution in [-0.4, -0.2) is 11.8 Å². The molecule has 0 saturated heterocycles. The van der Waals surface area contributed by atoms with E-state index in [1.165, 1.54) is 11.3 Å². The normalized spacial score (nSPS) is 11.2. The fourth-order valence-electron chi connectivity index (χ4n) is 3.24. The van der Waals surface area contributed by atoms with Crippen molar-refractivity contribution in [1.82, 2.24) is 5.32 Å². The molecule has 2 amide bonds. The van der Waals surface area contributed by atoms with Gasteiger partial charge in [-0.05, 0) is 60.5 Å². The first kappa shape index (κ1) is 21.5. The number of rotatable bonds is 7. The van der Waals surface area contributed by atoms with Crippen molar-refractivity contribution in [2.24, 2.45) is 0 Å². The van der Waals surface area contributed by atoms with Crippen LogP contribution in [-0.2, 0) is 17.6 Å². The predicted molar refractivity (Wildman–Crippen MR) is 125 cm³/mol. The van der Waals surface area contributed by atoms with Crippen molar-refractivity contribution in [2.45, 2.75) is 33.6 Å². The van der Waals surface area contributed by atoms with E-state index in [9.17, 15) is 9.59 Å². The lowest BCUT2D eigenvalue weighted by atomic mass is 10.0. The number of anilines is 1. The molecule has 0 saturated carbocycles. The van der Waals surface area contributed by atoms with Crippen molar-refractivity contribution in [3.8, 4) is 0 Å². The number of carbonyl (C=O) groups excluding carboxylic acids is 2. The smallest absolute Gasteiger partial charge is 0.272 e. The van der Waals surface area contributed by atoms with Crippen molar-refractivity contribution in [1.29, 1.82) is 0 Å². The van der Waals surface area contributed by atoms with Gasteiger partial charge in [-0.3, -0.25) is 9.59 Å². The summed E-state index contributed by atoms with van der Waals surface area (Å²) in [6.07, 6.45) is 3.33. The van der Waals surface area contributed by atoms with Gasteiger partial charge in [-0.25, -0.2) is 0 Å². The van der Waals surface area contributed by atoms with E-state index in [1.807, 2.05) is 54.8 Å². The van der Waals surface area contributed by atoms with Crippen molar-refractivity contribution in [3.63, 3.8) is 0 Å². The monoisotopic (exact) mass is 418 g/mol. The van der Waals surface area contributed by atoms with Crippen molar-refractivity contribution in [3.05, 3.63) is 92.8 Å². The molecule has 2 N–H and O–H groups in total. The number of thiophene rings is 1. The number of nitrogens with one attached hydrogen (secondary N) is 2. The summed E-state index contributed by atoms with van der Waals surface area (Å²) in [5.41, 5.74) is 4.70. The molecule has 0 unspecified atom stereocenters. The highest BCUT2D eigenvalue weighted by atomic mass is 32.1. The zero-order valence-electron chi connectivity index (χ0n) is 17.5. The number of benzene rings is 2. The highest BCUT2D eigenvalue weighted by molar-refractivity contribution is 7.10. The quantitative estimate of drug-likeness (QED) is 0.491. The highest BCUT2D eigenvalue weighted by Crippen LogP contribution is 2.23. The van der Waals surface area contributed by atoms with Crippen LogP contribution < -0.4 is 10.6 Å². The minimum Gasteiger partial charge on any atom is -0.320 e. The molecule has 0 spiro atoms. The van der Waals surface area contributed by atoms with E-state index in [0.29, 0.717) is 5.56 Å². The number of aryl methyl sites for hydroxylation is 3. The Hall–Kier alpha value is -3.18. The maximum Gasteiger partial charge on any atom is 0.272 e. The summed E-state index contributed by atoms with van der Waals surface area (Å²) in [7, 11) is 0. The molecular formula is C25H26N2O2S. The molecule has 154 valence electrons. The Labute approximate surface area is 181 Å². The Kier molecular flexibility index (Phi) is 7.20. The van der Waals surface area contributed by atoms with Crippen LogP contribution in [0.15, 0.2) is 65.7 Å². The van der Waals surface area contributed by atoms with Crippen LogP contribution in [0.1, 0.15) is 45.8 Å². The molecule has 3 rings (SSSR count). The molecule has 0 bridgehead atoms. The lowest BCUT2D eigenvalue weighted by Gasteiger charge is -2.16. The van der Waals surface area contributed by atoms with Crippen LogP contribution in [0.25, 0.3) is 6.08 Å². The van der Waals surface area contributed by atoms with Gasteiger partial charge in [0.2, 0.25) is 0 Å². The van der Waals surface area contributed by atoms with Crippen LogP contribution in [0.3, 0.4) is 0 Å². The summed E-state index contributed by atoms with van der Waals surface area (Å²) < 4.78 is 0. The van der Waals surface area contributed by atoms with Gasteiger partial charge >= 0.3 is 0 Å². The lowest BCUT2D eigenvalue weighted by molar-refractivity contribution is -0.113. The topological polar surface area (TPSA) is 58.2 Å². The minimum atomic E-state index is -0.333. The van der Waals surface area contributed by atoms with E-state index >= 15 is 0 Å². The summed E-state index contributed by atoms with van der Waals surface area (Å²) in [5, 5.41) is 7.79. The summed E-state index contributed by atoms with van der Waals surface area (Å²) in [6.45, 7) is 6.05. The first-order chi connectivity index (χ1) is 14.5. The molecule has 4 nitrogen and oxygen atoms in total. The molecule has 1 aromatic heterocycles. The highest BCUT2D eigenvalue weighted by Gasteiger charge is 2.17. The minimum absolute atomic E-state index is 0.219. The molecule has 5 heteroatoms. The zero-order valence-corrected chi connectivity index (χ0v) is 18.3. The molecule has 0 fully saturated rings. The maximum atomic E-state index is 13.2. The number of para-hydroxylation sites is 1. The lowest BCUT2D eigenvalue weighted by Crippen LogP contribution is -2.31. The number of carbonyl (C=O) groups is 2. The predicted octanol–water partition coefficient (Wildman–Crippen LogP) is 5.59. The van der Waals surface area contributed by atoms with E-state index < -0.39 is 0 Å². The summed E-state index contributed by atoms with van der Waals surface area (Å²) in [5.74, 6) is -0.642. The van der Waals surface area contributed by atoms with Crippen molar-refractivity contribution in [2.75, 3.05) is 5.32 Å². The molecule has 3 aromatic rings. The molecule has 30 heavy (non-hydrogen) atoms. The van der Waals surface area contributed by atoms with Gasteiger partial charge in [-0.2, -0.15) is 0 Å². The summed E-state index contributed by atoms with van der Waals surface area (Å²) in [4.78, 5) is 26.9. The van der Waals surface area contributed by atoms with Gasteiger partial charge in [0.05, 0.1) is 0 Å². The van der Waals surface area contributed by atoms with E-state index in [4.69, 9.17) is 0 Å². The van der Waals surface area contributed by atoms with Gasteiger partial charge in [0.1, 0.15) is 5.70 Å². The summed E-state index contributed by atoms with van der Waals surface area (Å²) in [6, 6.07) is 17.2. The van der Waals surface area contributed by atoms with E-state index in [1.54, 1.807) is 18.2 Å². The Morgan fingerprint density at radius 2 is 1.67 bits per heavy atom. The molecule has 0 atom stereocenters. The van der Waals surface area contributed by atoms with Gasteiger partial charge in [0.15, 0.2) is 0 Å². The Bertz CT molecular complexity index is 1050. The average molecular weight is 419 g/mol. The van der Waals surface area contributed by atoms with E-state index in [0.717, 1.165) is 40.1 Å². The molecule has 0 aliphatic heterocycles. The van der Waals surface area contributed by atoms with Crippen LogP contribution in [0.2, 0.25) is 0 Å². The second kappa shape index (κ2) is 10.0. The fraction of sp³-hybridized carbons (Fsp3) is 0.200. The van der Waals surface area contributed by atoms with Gasteiger partial charge in [0.25, 0.3) is 11.8 Å². The Morgan fingerprint density at radius 1 is 0.967 bits per heavy atom. The number of amides is 2. The van der Waals surface area contributed by atoms with Gasteiger partial charge < -0.3 is 10.6 Å². The van der Waals surface area contributed by atoms with Gasteiger partial charge in [0, 0.05) is 16.1 Å². The second-order valence-electron chi connectivity index (χ2n) is 7.01. The van der Waals surface area contributed by atoms with Crippen LogP contribution in [0.5, 0.6) is 0 Å². The van der Waals surface area contributed by atoms with Crippen LogP contribution in [0.4, 0.5) is 5.69 Å². The number of hydrogen-bond donors (Lipinski definition) is 2. The third-order valence-electron chi connectivity index (χ3n) is 4.84. The van der Waals surface area contributed by atoms with Crippen molar-refractivity contribution < 1.29 is 9.59 Å². The van der Waals surface area contributed by atoms with Crippen LogP contribution >= 0.6 is 11.3 Å². The first-order valence-electron chi connectivity index (χ1n) is 10.1. The molecule has 0 radical (unpaired) electrons. The largest absolute Gasteiger partial charge is 0.320 e.